The van der Waals surface area contributed by atoms with E-state index in [0.717, 1.165) is 25.3 Å². The molecule has 0 aliphatic carbocycles. The summed E-state index contributed by atoms with van der Waals surface area (Å²) in [5.41, 5.74) is 3.46. The molecule has 0 spiro atoms. The number of hydrogen-bond donors (Lipinski definition) is 3. The fraction of sp³-hybridized carbons (Fsp3) is 0.227. The lowest BCUT2D eigenvalue weighted by molar-refractivity contribution is -0.189. The van der Waals surface area contributed by atoms with Crippen LogP contribution in [0.2, 0.25) is 5.02 Å². The van der Waals surface area contributed by atoms with Crippen LogP contribution in [0, 0.1) is 0 Å². The first-order valence-corrected chi connectivity index (χ1v) is 13.0. The van der Waals surface area contributed by atoms with Gasteiger partial charge in [-0.25, -0.2) is 18.7 Å². The van der Waals surface area contributed by atoms with Gasteiger partial charge in [-0.05, 0) is 30.7 Å². The minimum Gasteiger partial charge on any atom is -0.376 e. The Kier molecular flexibility index (Phi) is 9.03. The average Bonchev–Trinajstić information content (AvgIpc) is 3.27. The molecule has 188 valence electrons. The van der Waals surface area contributed by atoms with Gasteiger partial charge in [-0.15, -0.1) is 11.3 Å². The molecule has 0 saturated carbocycles. The Morgan fingerprint density at radius 2 is 2.00 bits per heavy atom. The molecule has 35 heavy (non-hydrogen) atoms. The van der Waals surface area contributed by atoms with Crippen LogP contribution in [0.3, 0.4) is 0 Å². The molecule has 0 bridgehead atoms. The van der Waals surface area contributed by atoms with Gasteiger partial charge >= 0.3 is 6.08 Å². The molecule has 1 aliphatic rings. The third-order valence-electron chi connectivity index (χ3n) is 4.89. The van der Waals surface area contributed by atoms with Gasteiger partial charge in [-0.1, -0.05) is 41.9 Å². The van der Waals surface area contributed by atoms with Crippen LogP contribution < -0.4 is 10.0 Å². The summed E-state index contributed by atoms with van der Waals surface area (Å²) >= 11 is 7.71. The molecule has 0 unspecified atom stereocenters. The molecule has 1 fully saturated rings. The van der Waals surface area contributed by atoms with Gasteiger partial charge in [-0.3, -0.25) is 9.62 Å². The van der Waals surface area contributed by atoms with Gasteiger partial charge < -0.3 is 10.2 Å². The first kappa shape index (κ1) is 26.8. The molecule has 1 saturated heterocycles. The molecule has 0 radical (unpaired) electrons. The minimum absolute atomic E-state index is 0.0694. The Balaban J connectivity index is 0.000000509. The summed E-state index contributed by atoms with van der Waals surface area (Å²) in [5.74, 6) is 0.300. The van der Waals surface area contributed by atoms with Crippen LogP contribution in [0.25, 0.3) is 0 Å². The minimum atomic E-state index is -3.73. The number of likely N-dealkylation sites (tertiary alicyclic amines) is 1. The standard InChI is InChI=1S/C20H21ClN4O2S2.C2H2F2O2/c1-20(12-25(13-20)10-15-5-3-2-4-6-15)23-18-8-7-16(9-17(18)21)29(26,27)24-19-11-28-14-22-19;3-2(4)1-6-5/h2-9,11,14,23-24H,10,12-13H2,1H3;1,5H. The van der Waals surface area contributed by atoms with Gasteiger partial charge in [0, 0.05) is 25.0 Å². The van der Waals surface area contributed by atoms with Crippen molar-refractivity contribution >= 4 is 44.5 Å². The van der Waals surface area contributed by atoms with Crippen LogP contribution in [0.15, 0.2) is 76.7 Å². The molecular formula is C22H23ClF2N4O4S2. The maximum Gasteiger partial charge on any atom is 0.308 e. The molecule has 3 aromatic rings. The Morgan fingerprint density at radius 1 is 1.29 bits per heavy atom. The molecule has 4 rings (SSSR count). The number of rotatable bonds is 8. The Bertz CT molecular complexity index is 1240. The average molecular weight is 545 g/mol. The number of nitrogens with zero attached hydrogens (tertiary/aromatic N) is 2. The topological polar surface area (TPSA) is 104 Å². The molecule has 2 aromatic carbocycles. The molecule has 1 aliphatic heterocycles. The van der Waals surface area contributed by atoms with E-state index >= 15 is 0 Å². The Labute approximate surface area is 210 Å². The number of anilines is 2. The number of thiazole rings is 1. The Hall–Kier alpha value is -2.77. The summed E-state index contributed by atoms with van der Waals surface area (Å²) < 4.78 is 48.7. The fourth-order valence-electron chi connectivity index (χ4n) is 3.56. The van der Waals surface area contributed by atoms with Crippen molar-refractivity contribution in [2.24, 2.45) is 0 Å². The van der Waals surface area contributed by atoms with Gasteiger partial charge in [0.25, 0.3) is 10.0 Å². The number of aromatic nitrogens is 1. The van der Waals surface area contributed by atoms with Gasteiger partial charge in [0.05, 0.1) is 26.7 Å². The van der Waals surface area contributed by atoms with E-state index in [4.69, 9.17) is 16.9 Å². The molecule has 13 heteroatoms. The first-order chi connectivity index (χ1) is 16.6. The maximum absolute atomic E-state index is 12.5. The van der Waals surface area contributed by atoms with Gasteiger partial charge in [0.2, 0.25) is 0 Å². The zero-order valence-corrected chi connectivity index (χ0v) is 20.9. The second kappa shape index (κ2) is 11.8. The predicted octanol–water partition coefficient (Wildman–Crippen LogP) is 5.50. The van der Waals surface area contributed by atoms with Gasteiger partial charge in [0.1, 0.15) is 0 Å². The number of halogens is 3. The van der Waals surface area contributed by atoms with E-state index in [1.54, 1.807) is 23.0 Å². The van der Waals surface area contributed by atoms with Gasteiger partial charge in [-0.2, -0.15) is 8.78 Å². The van der Waals surface area contributed by atoms with Crippen molar-refractivity contribution in [1.82, 2.24) is 9.88 Å². The highest BCUT2D eigenvalue weighted by atomic mass is 35.5. The third kappa shape index (κ3) is 7.87. The molecule has 0 atom stereocenters. The Morgan fingerprint density at radius 3 is 2.54 bits per heavy atom. The van der Waals surface area contributed by atoms with E-state index < -0.39 is 16.1 Å². The van der Waals surface area contributed by atoms with Crippen molar-refractivity contribution in [2.75, 3.05) is 23.1 Å². The summed E-state index contributed by atoms with van der Waals surface area (Å²) in [6, 6.07) is 15.1. The normalized spacial score (nSPS) is 14.7. The summed E-state index contributed by atoms with van der Waals surface area (Å²) in [6.07, 6.45) is -2.13. The van der Waals surface area contributed by atoms with Crippen LogP contribution in [-0.4, -0.2) is 42.2 Å². The summed E-state index contributed by atoms with van der Waals surface area (Å²) in [7, 11) is -3.73. The monoisotopic (exact) mass is 544 g/mol. The zero-order valence-electron chi connectivity index (χ0n) is 18.5. The summed E-state index contributed by atoms with van der Waals surface area (Å²) in [6.45, 7) is 4.80. The first-order valence-electron chi connectivity index (χ1n) is 10.2. The number of hydrogen-bond acceptors (Lipinski definition) is 8. The van der Waals surface area contributed by atoms with Crippen LogP contribution in [-0.2, 0) is 21.5 Å². The third-order valence-corrected chi connectivity index (χ3v) is 7.15. The van der Waals surface area contributed by atoms with Crippen LogP contribution >= 0.6 is 22.9 Å². The van der Waals surface area contributed by atoms with E-state index in [1.807, 2.05) is 18.2 Å². The number of benzene rings is 2. The highest BCUT2D eigenvalue weighted by Gasteiger charge is 2.38. The van der Waals surface area contributed by atoms with E-state index in [0.29, 0.717) is 10.8 Å². The van der Waals surface area contributed by atoms with E-state index in [2.05, 4.69) is 43.9 Å². The SMILES string of the molecule is CC1(Nc2ccc(S(=O)(=O)Nc3cscn3)cc2Cl)CN(Cc2ccccc2)C1.OOC=C(F)F. The predicted molar refractivity (Wildman–Crippen MR) is 132 cm³/mol. The lowest BCUT2D eigenvalue weighted by Crippen LogP contribution is -2.63. The smallest absolute Gasteiger partial charge is 0.308 e. The van der Waals surface area contributed by atoms with Crippen molar-refractivity contribution in [2.45, 2.75) is 23.9 Å². The molecule has 1 aromatic heterocycles. The van der Waals surface area contributed by atoms with Crippen LogP contribution in [0.1, 0.15) is 12.5 Å². The quantitative estimate of drug-likeness (QED) is 0.195. The van der Waals surface area contributed by atoms with E-state index in [9.17, 15) is 17.2 Å². The lowest BCUT2D eigenvalue weighted by atomic mass is 9.91. The van der Waals surface area contributed by atoms with Gasteiger partial charge in [0.15, 0.2) is 12.1 Å². The fourth-order valence-corrected chi connectivity index (χ4v) is 5.44. The maximum atomic E-state index is 12.5. The largest absolute Gasteiger partial charge is 0.376 e. The van der Waals surface area contributed by atoms with Crippen LogP contribution in [0.4, 0.5) is 20.3 Å². The summed E-state index contributed by atoms with van der Waals surface area (Å²) in [5, 5.41) is 12.6. The molecular weight excluding hydrogens is 522 g/mol. The number of sulfonamides is 1. The van der Waals surface area contributed by atoms with E-state index in [-0.39, 0.29) is 16.7 Å². The van der Waals surface area contributed by atoms with Crippen molar-refractivity contribution in [3.05, 3.63) is 82.4 Å². The number of nitrogens with one attached hydrogen (secondary N) is 2. The molecule has 2 heterocycles. The van der Waals surface area contributed by atoms with E-state index in [1.165, 1.54) is 23.0 Å². The lowest BCUT2D eigenvalue weighted by Gasteiger charge is -2.49. The van der Waals surface area contributed by atoms with Crippen LogP contribution in [0.5, 0.6) is 0 Å². The van der Waals surface area contributed by atoms with Crippen molar-refractivity contribution in [3.8, 4) is 0 Å². The van der Waals surface area contributed by atoms with Crippen molar-refractivity contribution in [1.29, 1.82) is 0 Å². The second-order valence-electron chi connectivity index (χ2n) is 7.95. The highest BCUT2D eigenvalue weighted by Crippen LogP contribution is 2.32. The second-order valence-corrected chi connectivity index (χ2v) is 10.8. The molecule has 0 amide bonds. The summed E-state index contributed by atoms with van der Waals surface area (Å²) in [4.78, 5) is 9.30. The van der Waals surface area contributed by atoms with Crippen molar-refractivity contribution in [3.63, 3.8) is 0 Å². The van der Waals surface area contributed by atoms with Crippen molar-refractivity contribution < 1.29 is 27.3 Å². The molecule has 8 nitrogen and oxygen atoms in total. The molecule has 3 N–H and O–H groups in total. The highest BCUT2D eigenvalue weighted by molar-refractivity contribution is 7.92. The zero-order chi connectivity index (χ0) is 25.5.